The average molecular weight is 247 g/mol. The van der Waals surface area contributed by atoms with Crippen LogP contribution in [0.15, 0.2) is 18.2 Å². The van der Waals surface area contributed by atoms with E-state index in [1.54, 1.807) is 0 Å². The van der Waals surface area contributed by atoms with Gasteiger partial charge in [0, 0.05) is 31.2 Å². The molecular weight excluding hydrogens is 226 g/mol. The lowest BCUT2D eigenvalue weighted by Gasteiger charge is -2.30. The smallest absolute Gasteiger partial charge is 0.227 e. The summed E-state index contributed by atoms with van der Waals surface area (Å²) < 4.78 is 0. The molecule has 1 aromatic rings. The Morgan fingerprint density at radius 3 is 2.83 bits per heavy atom. The molecule has 1 amide bonds. The van der Waals surface area contributed by atoms with Crippen molar-refractivity contribution in [2.24, 2.45) is 11.5 Å². The molecule has 1 aromatic carbocycles. The van der Waals surface area contributed by atoms with Crippen molar-refractivity contribution in [2.45, 2.75) is 38.8 Å². The molecule has 0 radical (unpaired) electrons. The van der Waals surface area contributed by atoms with Crippen LogP contribution < -0.4 is 16.4 Å². The maximum absolute atomic E-state index is 12.0. The van der Waals surface area contributed by atoms with E-state index in [4.69, 9.17) is 11.5 Å². The third kappa shape index (κ3) is 2.71. The number of hydrogen-bond donors (Lipinski definition) is 2. The maximum Gasteiger partial charge on any atom is 0.227 e. The van der Waals surface area contributed by atoms with Crippen LogP contribution in [0.4, 0.5) is 5.69 Å². The van der Waals surface area contributed by atoms with Crippen LogP contribution in [0.5, 0.6) is 0 Å². The zero-order valence-electron chi connectivity index (χ0n) is 10.9. The first-order valence-corrected chi connectivity index (χ1v) is 6.49. The van der Waals surface area contributed by atoms with E-state index in [1.165, 1.54) is 5.56 Å². The zero-order chi connectivity index (χ0) is 13.1. The highest BCUT2D eigenvalue weighted by Crippen LogP contribution is 2.28. The van der Waals surface area contributed by atoms with Crippen LogP contribution in [0.25, 0.3) is 0 Å². The Balaban J connectivity index is 2.24. The topological polar surface area (TPSA) is 72.3 Å². The Morgan fingerprint density at radius 1 is 1.39 bits per heavy atom. The highest BCUT2D eigenvalue weighted by Gasteiger charge is 2.23. The first-order chi connectivity index (χ1) is 8.61. The molecule has 0 aromatic heterocycles. The normalized spacial score (nSPS) is 16.6. The number of nitrogens with zero attached hydrogens (tertiary/aromatic N) is 1. The highest BCUT2D eigenvalue weighted by molar-refractivity contribution is 5.96. The van der Waals surface area contributed by atoms with Gasteiger partial charge in [0.2, 0.25) is 5.91 Å². The summed E-state index contributed by atoms with van der Waals surface area (Å²) in [6, 6.07) is 6.23. The molecule has 0 saturated heterocycles. The summed E-state index contributed by atoms with van der Waals surface area (Å²) in [4.78, 5) is 13.8. The van der Waals surface area contributed by atoms with Crippen LogP contribution in [0.1, 0.15) is 30.9 Å². The molecule has 2 rings (SSSR count). The maximum atomic E-state index is 12.0. The molecule has 0 aliphatic carbocycles. The lowest BCUT2D eigenvalue weighted by Crippen LogP contribution is -2.37. The van der Waals surface area contributed by atoms with Crippen molar-refractivity contribution in [1.29, 1.82) is 0 Å². The van der Waals surface area contributed by atoms with Crippen LogP contribution in [-0.4, -0.2) is 18.5 Å². The monoisotopic (exact) mass is 247 g/mol. The molecule has 18 heavy (non-hydrogen) atoms. The van der Waals surface area contributed by atoms with Gasteiger partial charge in [0.05, 0.1) is 0 Å². The summed E-state index contributed by atoms with van der Waals surface area (Å²) in [5.41, 5.74) is 14.8. The van der Waals surface area contributed by atoms with Gasteiger partial charge in [-0.1, -0.05) is 12.1 Å². The summed E-state index contributed by atoms with van der Waals surface area (Å²) in [7, 11) is 0. The second-order valence-corrected chi connectivity index (χ2v) is 4.98. The molecule has 1 unspecified atom stereocenters. The molecule has 1 atom stereocenters. The van der Waals surface area contributed by atoms with E-state index in [1.807, 2.05) is 24.0 Å². The quantitative estimate of drug-likeness (QED) is 0.838. The zero-order valence-corrected chi connectivity index (χ0v) is 10.9. The second-order valence-electron chi connectivity index (χ2n) is 4.98. The third-order valence-electron chi connectivity index (χ3n) is 3.39. The van der Waals surface area contributed by atoms with Gasteiger partial charge < -0.3 is 16.4 Å². The fraction of sp³-hybridized carbons (Fsp3) is 0.500. The van der Waals surface area contributed by atoms with Crippen LogP contribution in [0.2, 0.25) is 0 Å². The molecule has 98 valence electrons. The highest BCUT2D eigenvalue weighted by atomic mass is 16.2. The van der Waals surface area contributed by atoms with Gasteiger partial charge in [0.15, 0.2) is 0 Å². The van der Waals surface area contributed by atoms with E-state index < -0.39 is 0 Å². The number of rotatable bonds is 4. The van der Waals surface area contributed by atoms with Gasteiger partial charge in [-0.25, -0.2) is 0 Å². The number of fused-ring (bicyclic) bond motifs is 1. The number of carbonyl (C=O) groups excluding carboxylic acids is 1. The lowest BCUT2D eigenvalue weighted by molar-refractivity contribution is -0.118. The van der Waals surface area contributed by atoms with Crippen molar-refractivity contribution in [1.82, 2.24) is 0 Å². The number of amides is 1. The van der Waals surface area contributed by atoms with Crippen LogP contribution in [-0.2, 0) is 17.8 Å². The standard InChI is InChI=1S/C14H21N3O/c1-10(16)6-7-17-13-4-2-11(9-15)8-12(13)3-5-14(17)18/h2,4,8,10H,3,5-7,9,15-16H2,1H3. The number of nitrogens with two attached hydrogens (primary N) is 2. The van der Waals surface area contributed by atoms with Gasteiger partial charge in [-0.3, -0.25) is 4.79 Å². The fourth-order valence-electron chi connectivity index (χ4n) is 2.32. The molecule has 0 spiro atoms. The lowest BCUT2D eigenvalue weighted by atomic mass is 9.98. The largest absolute Gasteiger partial charge is 0.328 e. The van der Waals surface area contributed by atoms with E-state index in [0.717, 1.165) is 24.1 Å². The van der Waals surface area contributed by atoms with E-state index >= 15 is 0 Å². The summed E-state index contributed by atoms with van der Waals surface area (Å²) in [6.07, 6.45) is 2.22. The molecule has 4 N–H and O–H groups in total. The molecular formula is C14H21N3O. The first kappa shape index (κ1) is 13.1. The number of hydrogen-bond acceptors (Lipinski definition) is 3. The summed E-state index contributed by atoms with van der Waals surface area (Å²) in [6.45, 7) is 3.21. The number of carbonyl (C=O) groups is 1. The fourth-order valence-corrected chi connectivity index (χ4v) is 2.32. The van der Waals surface area contributed by atoms with Gasteiger partial charge in [0.1, 0.15) is 0 Å². The van der Waals surface area contributed by atoms with Gasteiger partial charge in [-0.15, -0.1) is 0 Å². The minimum Gasteiger partial charge on any atom is -0.328 e. The summed E-state index contributed by atoms with van der Waals surface area (Å²) in [5, 5.41) is 0. The van der Waals surface area contributed by atoms with Crippen molar-refractivity contribution in [3.8, 4) is 0 Å². The predicted octanol–water partition coefficient (Wildman–Crippen LogP) is 1.16. The first-order valence-electron chi connectivity index (χ1n) is 6.49. The Bertz CT molecular complexity index is 443. The number of anilines is 1. The minimum atomic E-state index is 0.117. The predicted molar refractivity (Wildman–Crippen MR) is 73.3 cm³/mol. The SMILES string of the molecule is CC(N)CCN1C(=O)CCc2cc(CN)ccc21. The Morgan fingerprint density at radius 2 is 2.17 bits per heavy atom. The van der Waals surface area contributed by atoms with E-state index in [0.29, 0.717) is 19.5 Å². The van der Waals surface area contributed by atoms with Crippen molar-refractivity contribution in [3.05, 3.63) is 29.3 Å². The van der Waals surface area contributed by atoms with Gasteiger partial charge >= 0.3 is 0 Å². The Hall–Kier alpha value is -1.39. The Kier molecular flexibility index (Phi) is 3.99. The van der Waals surface area contributed by atoms with Crippen LogP contribution in [0, 0.1) is 0 Å². The molecule has 1 aliphatic heterocycles. The molecule has 4 heteroatoms. The third-order valence-corrected chi connectivity index (χ3v) is 3.39. The van der Waals surface area contributed by atoms with Crippen molar-refractivity contribution >= 4 is 11.6 Å². The van der Waals surface area contributed by atoms with Crippen LogP contribution >= 0.6 is 0 Å². The van der Waals surface area contributed by atoms with Crippen LogP contribution in [0.3, 0.4) is 0 Å². The average Bonchev–Trinajstić information content (AvgIpc) is 2.36. The van der Waals surface area contributed by atoms with E-state index in [9.17, 15) is 4.79 Å². The molecule has 0 fully saturated rings. The van der Waals surface area contributed by atoms with E-state index in [2.05, 4.69) is 6.07 Å². The molecule has 4 nitrogen and oxygen atoms in total. The van der Waals surface area contributed by atoms with Crippen molar-refractivity contribution < 1.29 is 4.79 Å². The summed E-state index contributed by atoms with van der Waals surface area (Å²) in [5.74, 6) is 0.198. The number of aryl methyl sites for hydroxylation is 1. The van der Waals surface area contributed by atoms with Gasteiger partial charge in [-0.05, 0) is 37.0 Å². The number of benzene rings is 1. The van der Waals surface area contributed by atoms with Crippen molar-refractivity contribution in [3.63, 3.8) is 0 Å². The molecule has 1 aliphatic rings. The summed E-state index contributed by atoms with van der Waals surface area (Å²) >= 11 is 0. The van der Waals surface area contributed by atoms with Crippen molar-refractivity contribution in [2.75, 3.05) is 11.4 Å². The minimum absolute atomic E-state index is 0.117. The molecule has 0 saturated carbocycles. The second kappa shape index (κ2) is 5.50. The Labute approximate surface area is 108 Å². The van der Waals surface area contributed by atoms with E-state index in [-0.39, 0.29) is 11.9 Å². The molecule has 1 heterocycles. The van der Waals surface area contributed by atoms with Gasteiger partial charge in [0.25, 0.3) is 0 Å². The van der Waals surface area contributed by atoms with Gasteiger partial charge in [-0.2, -0.15) is 0 Å². The molecule has 0 bridgehead atoms.